The van der Waals surface area contributed by atoms with Crippen molar-refractivity contribution in [2.75, 3.05) is 0 Å². The monoisotopic (exact) mass is 326 g/mol. The van der Waals surface area contributed by atoms with Gasteiger partial charge in [-0.25, -0.2) is 0 Å². The van der Waals surface area contributed by atoms with Crippen molar-refractivity contribution in [3.8, 4) is 11.1 Å². The molecule has 0 N–H and O–H groups in total. The number of benzene rings is 2. The Balaban J connectivity index is 1.86. The Morgan fingerprint density at radius 3 is 2.75 bits per heavy atom. The van der Waals surface area contributed by atoms with Crippen molar-refractivity contribution in [1.82, 2.24) is 9.78 Å². The quantitative estimate of drug-likeness (QED) is 0.683. The molecule has 0 spiro atoms. The summed E-state index contributed by atoms with van der Waals surface area (Å²) in [7, 11) is 0. The summed E-state index contributed by atoms with van der Waals surface area (Å²) in [6.45, 7) is 2.91. The summed E-state index contributed by atoms with van der Waals surface area (Å²) in [6.07, 6.45) is 4.03. The molecule has 0 fully saturated rings. The minimum atomic E-state index is 0.783. The molecule has 2 aromatic carbocycles. The van der Waals surface area contributed by atoms with Crippen LogP contribution in [0.25, 0.3) is 11.1 Å². The van der Waals surface area contributed by atoms with Gasteiger partial charge in [0.1, 0.15) is 0 Å². The highest BCUT2D eigenvalue weighted by Gasteiger charge is 2.04. The van der Waals surface area contributed by atoms with Crippen LogP contribution in [-0.4, -0.2) is 9.78 Å². The fraction of sp³-hybridized carbons (Fsp3) is 0.118. The maximum atomic E-state index is 4.46. The zero-order valence-electron chi connectivity index (χ0n) is 11.3. The van der Waals surface area contributed by atoms with Gasteiger partial charge in [0, 0.05) is 16.2 Å². The lowest BCUT2D eigenvalue weighted by Gasteiger charge is -2.03. The van der Waals surface area contributed by atoms with E-state index in [1.807, 2.05) is 23.0 Å². The molecule has 0 radical (unpaired) electrons. The molecule has 3 aromatic rings. The molecule has 0 aliphatic rings. The van der Waals surface area contributed by atoms with Crippen molar-refractivity contribution < 1.29 is 0 Å². The molecule has 2 nitrogen and oxygen atoms in total. The zero-order chi connectivity index (χ0) is 13.9. The molecular formula is C17H15BrN2. The number of aryl methyl sites for hydroxylation is 1. The van der Waals surface area contributed by atoms with Crippen LogP contribution in [-0.2, 0) is 6.54 Å². The van der Waals surface area contributed by atoms with Crippen LogP contribution in [0.1, 0.15) is 11.1 Å². The first-order valence-electron chi connectivity index (χ1n) is 6.55. The van der Waals surface area contributed by atoms with Crippen LogP contribution in [0.15, 0.2) is 65.4 Å². The summed E-state index contributed by atoms with van der Waals surface area (Å²) >= 11 is 3.50. The molecule has 0 atom stereocenters. The van der Waals surface area contributed by atoms with Gasteiger partial charge in [0.2, 0.25) is 0 Å². The first-order valence-corrected chi connectivity index (χ1v) is 7.34. The summed E-state index contributed by atoms with van der Waals surface area (Å²) < 4.78 is 3.07. The van der Waals surface area contributed by atoms with E-state index in [1.165, 1.54) is 16.7 Å². The van der Waals surface area contributed by atoms with Gasteiger partial charge < -0.3 is 0 Å². The Kier molecular flexibility index (Phi) is 3.70. The van der Waals surface area contributed by atoms with E-state index >= 15 is 0 Å². The van der Waals surface area contributed by atoms with E-state index in [2.05, 4.69) is 70.5 Å². The average Bonchev–Trinajstić information content (AvgIpc) is 2.87. The third kappa shape index (κ3) is 2.83. The van der Waals surface area contributed by atoms with E-state index in [1.54, 1.807) is 0 Å². The minimum absolute atomic E-state index is 0.783. The summed E-state index contributed by atoms with van der Waals surface area (Å²) in [4.78, 5) is 0. The molecule has 0 bridgehead atoms. The lowest BCUT2D eigenvalue weighted by Crippen LogP contribution is -1.99. The van der Waals surface area contributed by atoms with Crippen molar-refractivity contribution in [2.24, 2.45) is 0 Å². The van der Waals surface area contributed by atoms with E-state index < -0.39 is 0 Å². The molecule has 0 unspecified atom stereocenters. The van der Waals surface area contributed by atoms with E-state index in [0.717, 1.165) is 16.6 Å². The first-order chi connectivity index (χ1) is 9.72. The molecule has 0 aliphatic heterocycles. The van der Waals surface area contributed by atoms with E-state index in [-0.39, 0.29) is 0 Å². The SMILES string of the molecule is Cc1ccccc1-c1cnn(Cc2cccc(Br)c2)c1. The highest BCUT2D eigenvalue weighted by atomic mass is 79.9. The third-order valence-electron chi connectivity index (χ3n) is 3.32. The van der Waals surface area contributed by atoms with Crippen LogP contribution in [0.2, 0.25) is 0 Å². The van der Waals surface area contributed by atoms with Crippen molar-refractivity contribution >= 4 is 15.9 Å². The second kappa shape index (κ2) is 5.63. The van der Waals surface area contributed by atoms with Gasteiger partial charge in [0.05, 0.1) is 12.7 Å². The number of hydrogen-bond acceptors (Lipinski definition) is 1. The Morgan fingerprint density at radius 1 is 1.10 bits per heavy atom. The summed E-state index contributed by atoms with van der Waals surface area (Å²) in [5, 5.41) is 4.46. The van der Waals surface area contributed by atoms with Gasteiger partial charge in [0.25, 0.3) is 0 Å². The predicted molar refractivity (Wildman–Crippen MR) is 85.6 cm³/mol. The fourth-order valence-corrected chi connectivity index (χ4v) is 2.75. The summed E-state index contributed by atoms with van der Waals surface area (Å²) in [5.74, 6) is 0. The molecule has 0 saturated heterocycles. The van der Waals surface area contributed by atoms with Crippen LogP contribution < -0.4 is 0 Å². The van der Waals surface area contributed by atoms with Gasteiger partial charge in [-0.2, -0.15) is 5.10 Å². The van der Waals surface area contributed by atoms with Crippen molar-refractivity contribution in [1.29, 1.82) is 0 Å². The number of nitrogens with zero attached hydrogens (tertiary/aromatic N) is 2. The zero-order valence-corrected chi connectivity index (χ0v) is 12.8. The van der Waals surface area contributed by atoms with E-state index in [4.69, 9.17) is 0 Å². The highest BCUT2D eigenvalue weighted by Crippen LogP contribution is 2.22. The van der Waals surface area contributed by atoms with Gasteiger partial charge in [0.15, 0.2) is 0 Å². The maximum absolute atomic E-state index is 4.46. The lowest BCUT2D eigenvalue weighted by atomic mass is 10.0. The van der Waals surface area contributed by atoms with Gasteiger partial charge in [-0.3, -0.25) is 4.68 Å². The number of hydrogen-bond donors (Lipinski definition) is 0. The number of rotatable bonds is 3. The Labute approximate surface area is 127 Å². The Morgan fingerprint density at radius 2 is 1.95 bits per heavy atom. The summed E-state index contributed by atoms with van der Waals surface area (Å²) in [6, 6.07) is 16.7. The van der Waals surface area contributed by atoms with E-state index in [9.17, 15) is 0 Å². The molecule has 0 amide bonds. The van der Waals surface area contributed by atoms with Crippen LogP contribution in [0.4, 0.5) is 0 Å². The Hall–Kier alpha value is -1.87. The van der Waals surface area contributed by atoms with Gasteiger partial charge in [-0.1, -0.05) is 52.3 Å². The van der Waals surface area contributed by atoms with Crippen molar-refractivity contribution in [3.05, 3.63) is 76.5 Å². The highest BCUT2D eigenvalue weighted by molar-refractivity contribution is 9.10. The molecule has 3 rings (SSSR count). The lowest BCUT2D eigenvalue weighted by molar-refractivity contribution is 0.687. The second-order valence-electron chi connectivity index (χ2n) is 4.87. The van der Waals surface area contributed by atoms with Crippen LogP contribution in [0.3, 0.4) is 0 Å². The van der Waals surface area contributed by atoms with Crippen LogP contribution in [0.5, 0.6) is 0 Å². The molecule has 20 heavy (non-hydrogen) atoms. The van der Waals surface area contributed by atoms with Gasteiger partial charge >= 0.3 is 0 Å². The molecule has 1 heterocycles. The molecular weight excluding hydrogens is 312 g/mol. The Bertz CT molecular complexity index is 731. The number of aromatic nitrogens is 2. The molecule has 0 aliphatic carbocycles. The topological polar surface area (TPSA) is 17.8 Å². The van der Waals surface area contributed by atoms with Crippen LogP contribution >= 0.6 is 15.9 Å². The molecule has 3 heteroatoms. The molecule has 100 valence electrons. The molecule has 0 saturated carbocycles. The van der Waals surface area contributed by atoms with Crippen LogP contribution in [0, 0.1) is 6.92 Å². The summed E-state index contributed by atoms with van der Waals surface area (Å²) in [5.41, 5.74) is 4.92. The van der Waals surface area contributed by atoms with Crippen molar-refractivity contribution in [3.63, 3.8) is 0 Å². The smallest absolute Gasteiger partial charge is 0.0660 e. The fourth-order valence-electron chi connectivity index (χ4n) is 2.31. The standard InChI is InChI=1S/C17H15BrN2/c1-13-5-2-3-8-17(13)15-10-19-20(12-15)11-14-6-4-7-16(18)9-14/h2-10,12H,11H2,1H3. The maximum Gasteiger partial charge on any atom is 0.0660 e. The largest absolute Gasteiger partial charge is 0.268 e. The second-order valence-corrected chi connectivity index (χ2v) is 5.79. The van der Waals surface area contributed by atoms with Gasteiger partial charge in [-0.15, -0.1) is 0 Å². The van der Waals surface area contributed by atoms with Gasteiger partial charge in [-0.05, 0) is 35.7 Å². The first kappa shape index (κ1) is 13.1. The third-order valence-corrected chi connectivity index (χ3v) is 3.82. The molecule has 1 aromatic heterocycles. The van der Waals surface area contributed by atoms with E-state index in [0.29, 0.717) is 0 Å². The normalized spacial score (nSPS) is 10.7. The number of halogens is 1. The average molecular weight is 327 g/mol. The predicted octanol–water partition coefficient (Wildman–Crippen LogP) is 4.67. The minimum Gasteiger partial charge on any atom is -0.268 e. The van der Waals surface area contributed by atoms with Crippen molar-refractivity contribution in [2.45, 2.75) is 13.5 Å².